The molecule has 178 valence electrons. The van der Waals surface area contributed by atoms with E-state index in [1.165, 1.54) is 31.5 Å². The summed E-state index contributed by atoms with van der Waals surface area (Å²) in [4.78, 5) is 17.5. The van der Waals surface area contributed by atoms with Crippen molar-refractivity contribution in [3.8, 4) is 5.75 Å². The number of hydrogen-bond acceptors (Lipinski definition) is 8. The average Bonchev–Trinajstić information content (AvgIpc) is 3.40. The van der Waals surface area contributed by atoms with E-state index in [4.69, 9.17) is 9.15 Å². The van der Waals surface area contributed by atoms with E-state index in [1.807, 2.05) is 36.4 Å². The minimum absolute atomic E-state index is 0.165. The van der Waals surface area contributed by atoms with Gasteiger partial charge in [-0.2, -0.15) is 0 Å². The lowest BCUT2D eigenvalue weighted by atomic mass is 10.2. The molecule has 34 heavy (non-hydrogen) atoms. The number of hydrogen-bond donors (Lipinski definition) is 1. The number of thioether (sulfide) groups is 1. The van der Waals surface area contributed by atoms with Gasteiger partial charge in [0.05, 0.1) is 22.9 Å². The Bertz CT molecular complexity index is 1460. The number of ether oxygens (including phenoxy) is 1. The van der Waals surface area contributed by atoms with Gasteiger partial charge in [0.25, 0.3) is 15.9 Å². The number of carbonyl (C=O) groups excluding carboxylic acids is 1. The number of sulfonamides is 1. The van der Waals surface area contributed by atoms with E-state index in [0.717, 1.165) is 35.9 Å². The number of anilines is 1. The lowest BCUT2D eigenvalue weighted by Gasteiger charge is -2.07. The number of thiazole rings is 1. The Hall–Kier alpha value is -2.86. The van der Waals surface area contributed by atoms with Crippen LogP contribution >= 0.6 is 23.1 Å². The summed E-state index contributed by atoms with van der Waals surface area (Å²) in [6, 6.07) is 14.6. The summed E-state index contributed by atoms with van der Waals surface area (Å²) in [5.41, 5.74) is 2.68. The summed E-state index contributed by atoms with van der Waals surface area (Å²) in [6.07, 6.45) is 0. The van der Waals surface area contributed by atoms with Gasteiger partial charge in [-0.05, 0) is 31.2 Å². The van der Waals surface area contributed by atoms with Gasteiger partial charge in [-0.25, -0.2) is 17.7 Å². The summed E-state index contributed by atoms with van der Waals surface area (Å²) >= 11 is 3.16. The number of aryl methyl sites for hydroxylation is 1. The predicted octanol–water partition coefficient (Wildman–Crippen LogP) is 5.00. The fourth-order valence-electron chi connectivity index (χ4n) is 3.19. The lowest BCUT2D eigenvalue weighted by Crippen LogP contribution is -2.21. The summed E-state index contributed by atoms with van der Waals surface area (Å²) in [7, 11) is 0.691. The van der Waals surface area contributed by atoms with Gasteiger partial charge in [0.15, 0.2) is 4.34 Å². The van der Waals surface area contributed by atoms with Crippen molar-refractivity contribution in [2.24, 2.45) is 0 Å². The number of carbonyl (C=O) groups is 1. The average molecular weight is 518 g/mol. The van der Waals surface area contributed by atoms with Crippen molar-refractivity contribution in [3.05, 3.63) is 65.4 Å². The number of para-hydroxylation sites is 1. The SMILES string of the molecule is COc1ccccc1CSc1nc2ccc(NC(=O)c3cc(S(=O)(=O)N(C)C)oc3C)cc2s1. The van der Waals surface area contributed by atoms with E-state index in [1.54, 1.807) is 31.9 Å². The van der Waals surface area contributed by atoms with E-state index in [9.17, 15) is 13.2 Å². The zero-order chi connectivity index (χ0) is 24.5. The first kappa shape index (κ1) is 24.3. The maximum Gasteiger partial charge on any atom is 0.275 e. The second kappa shape index (κ2) is 9.79. The highest BCUT2D eigenvalue weighted by Gasteiger charge is 2.25. The predicted molar refractivity (Wildman–Crippen MR) is 134 cm³/mol. The first-order valence-corrected chi connectivity index (χ1v) is 13.4. The van der Waals surface area contributed by atoms with Crippen LogP contribution in [0, 0.1) is 6.92 Å². The van der Waals surface area contributed by atoms with Crippen LogP contribution < -0.4 is 10.1 Å². The fourth-order valence-corrected chi connectivity index (χ4v) is 6.15. The molecule has 0 saturated heterocycles. The standard InChI is InChI=1S/C23H23N3O5S3/c1-14-17(12-21(31-14)34(28,29)26(2)3)22(27)24-16-9-10-18-20(11-16)33-23(25-18)32-13-15-7-5-6-8-19(15)30-4/h5-12H,13H2,1-4H3,(H,24,27). The number of methoxy groups -OCH3 is 1. The molecule has 0 fully saturated rings. The van der Waals surface area contributed by atoms with Crippen LogP contribution in [-0.4, -0.2) is 44.8 Å². The molecule has 4 aromatic rings. The smallest absolute Gasteiger partial charge is 0.275 e. The number of furan rings is 1. The van der Waals surface area contributed by atoms with E-state index in [0.29, 0.717) is 5.69 Å². The Morgan fingerprint density at radius 1 is 1.21 bits per heavy atom. The van der Waals surface area contributed by atoms with Gasteiger partial charge in [0, 0.05) is 37.2 Å². The molecule has 0 aliphatic rings. The van der Waals surface area contributed by atoms with Crippen LogP contribution in [0.2, 0.25) is 0 Å². The van der Waals surface area contributed by atoms with Crippen LogP contribution in [0.4, 0.5) is 5.69 Å². The number of nitrogens with zero attached hydrogens (tertiary/aromatic N) is 2. The van der Waals surface area contributed by atoms with Crippen molar-refractivity contribution in [2.45, 2.75) is 22.1 Å². The normalized spacial score (nSPS) is 11.8. The van der Waals surface area contributed by atoms with Crippen molar-refractivity contribution in [1.29, 1.82) is 0 Å². The van der Waals surface area contributed by atoms with E-state index in [-0.39, 0.29) is 16.4 Å². The van der Waals surface area contributed by atoms with Gasteiger partial charge in [0.1, 0.15) is 11.5 Å². The molecule has 0 saturated carbocycles. The zero-order valence-corrected chi connectivity index (χ0v) is 21.4. The molecule has 4 rings (SSSR count). The summed E-state index contributed by atoms with van der Waals surface area (Å²) in [6.45, 7) is 1.56. The van der Waals surface area contributed by atoms with Crippen LogP contribution in [0.5, 0.6) is 5.75 Å². The van der Waals surface area contributed by atoms with E-state index in [2.05, 4.69) is 10.3 Å². The maximum absolute atomic E-state index is 12.8. The zero-order valence-electron chi connectivity index (χ0n) is 19.0. The topological polar surface area (TPSA) is 102 Å². The van der Waals surface area contributed by atoms with Crippen LogP contribution in [0.3, 0.4) is 0 Å². The number of aromatic nitrogens is 1. The minimum atomic E-state index is -3.77. The Labute approximate surface area is 206 Å². The molecular formula is C23H23N3O5S3. The molecule has 0 aliphatic carbocycles. The third-order valence-corrected chi connectivity index (χ3v) is 8.93. The number of fused-ring (bicyclic) bond motifs is 1. The van der Waals surface area contributed by atoms with Crippen molar-refractivity contribution in [3.63, 3.8) is 0 Å². The summed E-state index contributed by atoms with van der Waals surface area (Å²) in [5.74, 6) is 1.35. The Morgan fingerprint density at radius 2 is 1.97 bits per heavy atom. The third kappa shape index (κ3) is 4.97. The van der Waals surface area contributed by atoms with Gasteiger partial charge in [-0.3, -0.25) is 4.79 Å². The molecule has 11 heteroatoms. The highest BCUT2D eigenvalue weighted by Crippen LogP contribution is 2.34. The largest absolute Gasteiger partial charge is 0.496 e. The molecule has 0 bridgehead atoms. The van der Waals surface area contributed by atoms with Crippen LogP contribution in [0.15, 0.2) is 62.4 Å². The highest BCUT2D eigenvalue weighted by atomic mass is 32.2. The number of nitrogens with one attached hydrogen (secondary N) is 1. The van der Waals surface area contributed by atoms with E-state index < -0.39 is 15.9 Å². The molecule has 8 nitrogen and oxygen atoms in total. The molecule has 2 aromatic heterocycles. The molecule has 0 spiro atoms. The van der Waals surface area contributed by atoms with Gasteiger partial charge < -0.3 is 14.5 Å². The minimum Gasteiger partial charge on any atom is -0.496 e. The summed E-state index contributed by atoms with van der Waals surface area (Å²) < 4.78 is 38.2. The monoisotopic (exact) mass is 517 g/mol. The van der Waals surface area contributed by atoms with Gasteiger partial charge >= 0.3 is 0 Å². The quantitative estimate of drug-likeness (QED) is 0.328. The first-order chi connectivity index (χ1) is 16.2. The number of benzene rings is 2. The molecule has 1 amide bonds. The third-order valence-electron chi connectivity index (χ3n) is 5.05. The molecule has 0 aliphatic heterocycles. The van der Waals surface area contributed by atoms with E-state index >= 15 is 0 Å². The Balaban J connectivity index is 1.49. The fraction of sp³-hybridized carbons (Fsp3) is 0.217. The molecule has 1 N–H and O–H groups in total. The molecule has 2 heterocycles. The summed E-state index contributed by atoms with van der Waals surface area (Å²) in [5, 5.41) is 2.55. The Kier molecular flexibility index (Phi) is 6.99. The number of amides is 1. The van der Waals surface area contributed by atoms with Crippen molar-refractivity contribution >= 4 is 54.9 Å². The van der Waals surface area contributed by atoms with Gasteiger partial charge in [0.2, 0.25) is 5.09 Å². The first-order valence-electron chi connectivity index (χ1n) is 10.2. The molecule has 2 aromatic carbocycles. The van der Waals surface area contributed by atoms with Crippen molar-refractivity contribution < 1.29 is 22.4 Å². The van der Waals surface area contributed by atoms with Crippen LogP contribution in [0.25, 0.3) is 10.2 Å². The molecule has 0 atom stereocenters. The highest BCUT2D eigenvalue weighted by molar-refractivity contribution is 8.00. The maximum atomic E-state index is 12.8. The molecule has 0 radical (unpaired) electrons. The van der Waals surface area contributed by atoms with Crippen LogP contribution in [0.1, 0.15) is 21.7 Å². The number of rotatable bonds is 8. The van der Waals surface area contributed by atoms with Gasteiger partial charge in [-0.15, -0.1) is 11.3 Å². The lowest BCUT2D eigenvalue weighted by molar-refractivity contribution is 0.102. The Morgan fingerprint density at radius 3 is 2.71 bits per heavy atom. The van der Waals surface area contributed by atoms with Gasteiger partial charge in [-0.1, -0.05) is 30.0 Å². The molecule has 0 unspecified atom stereocenters. The second-order valence-corrected chi connectivity index (χ2v) is 11.9. The van der Waals surface area contributed by atoms with Crippen molar-refractivity contribution in [1.82, 2.24) is 9.29 Å². The van der Waals surface area contributed by atoms with Crippen molar-refractivity contribution in [2.75, 3.05) is 26.5 Å². The van der Waals surface area contributed by atoms with Crippen LogP contribution in [-0.2, 0) is 15.8 Å². The second-order valence-electron chi connectivity index (χ2n) is 7.54. The molecular weight excluding hydrogens is 494 g/mol.